The molecule has 0 atom stereocenters. The van der Waals surface area contributed by atoms with Crippen molar-refractivity contribution in [1.82, 2.24) is 0 Å². The van der Waals surface area contributed by atoms with Crippen LogP contribution in [0.4, 0.5) is 0 Å². The highest BCUT2D eigenvalue weighted by atomic mass is 16.5. The van der Waals surface area contributed by atoms with Crippen molar-refractivity contribution in [2.24, 2.45) is 11.5 Å². The van der Waals surface area contributed by atoms with Gasteiger partial charge in [0.25, 0.3) is 0 Å². The normalized spacial score (nSPS) is 11.6. The summed E-state index contributed by atoms with van der Waals surface area (Å²) in [6.07, 6.45) is 1.05. The first-order valence-corrected chi connectivity index (χ1v) is 4.07. The van der Waals surface area contributed by atoms with E-state index >= 15 is 0 Å². The number of hydrogen-bond donors (Lipinski definition) is 2. The third-order valence-electron chi connectivity index (χ3n) is 1.19. The van der Waals surface area contributed by atoms with Gasteiger partial charge in [0, 0.05) is 18.6 Å². The number of hydrogen-bond acceptors (Lipinski definition) is 3. The maximum Gasteiger partial charge on any atom is 0.217 e. The van der Waals surface area contributed by atoms with E-state index < -0.39 is 0 Å². The Kier molecular flexibility index (Phi) is 4.85. The molecule has 4 nitrogen and oxygen atoms in total. The van der Waals surface area contributed by atoms with Gasteiger partial charge in [-0.3, -0.25) is 4.79 Å². The minimum absolute atomic E-state index is 0.286. The summed E-state index contributed by atoms with van der Waals surface area (Å²) in [5.41, 5.74) is 10.3. The largest absolute Gasteiger partial charge is 0.380 e. The highest BCUT2D eigenvalue weighted by molar-refractivity contribution is 5.73. The van der Waals surface area contributed by atoms with Gasteiger partial charge in [-0.15, -0.1) is 0 Å². The van der Waals surface area contributed by atoms with Crippen LogP contribution in [-0.4, -0.2) is 24.7 Å². The van der Waals surface area contributed by atoms with Crippen molar-refractivity contribution >= 4 is 5.91 Å². The van der Waals surface area contributed by atoms with Crippen LogP contribution in [0.5, 0.6) is 0 Å². The van der Waals surface area contributed by atoms with E-state index in [-0.39, 0.29) is 11.4 Å². The fourth-order valence-corrected chi connectivity index (χ4v) is 0.684. The van der Waals surface area contributed by atoms with Gasteiger partial charge in [-0.05, 0) is 20.3 Å². The Morgan fingerprint density at radius 3 is 2.50 bits per heavy atom. The van der Waals surface area contributed by atoms with Crippen LogP contribution in [-0.2, 0) is 9.53 Å². The Bertz CT molecular complexity index is 140. The second-order valence-corrected chi connectivity index (χ2v) is 3.61. The van der Waals surface area contributed by atoms with E-state index in [0.29, 0.717) is 26.1 Å². The molecule has 0 bridgehead atoms. The SMILES string of the molecule is CC(C)(N)COCCCC(N)=O. The average molecular weight is 174 g/mol. The minimum Gasteiger partial charge on any atom is -0.380 e. The lowest BCUT2D eigenvalue weighted by Gasteiger charge is -2.17. The molecule has 0 aliphatic rings. The van der Waals surface area contributed by atoms with E-state index in [1.54, 1.807) is 0 Å². The highest BCUT2D eigenvalue weighted by Gasteiger charge is 2.09. The molecule has 0 aromatic heterocycles. The molecule has 0 rings (SSSR count). The molecule has 0 aromatic rings. The predicted molar refractivity (Wildman–Crippen MR) is 47.5 cm³/mol. The molecule has 4 N–H and O–H groups in total. The average Bonchev–Trinajstić information content (AvgIpc) is 1.83. The van der Waals surface area contributed by atoms with E-state index in [4.69, 9.17) is 16.2 Å². The lowest BCUT2D eigenvalue weighted by Crippen LogP contribution is -2.37. The summed E-state index contributed by atoms with van der Waals surface area (Å²) in [7, 11) is 0. The molecule has 72 valence electrons. The molecular formula is C8H18N2O2. The number of carbonyl (C=O) groups excluding carboxylic acids is 1. The minimum atomic E-state index is -0.299. The third-order valence-corrected chi connectivity index (χ3v) is 1.19. The number of amides is 1. The van der Waals surface area contributed by atoms with Crippen LogP contribution in [0.25, 0.3) is 0 Å². The second-order valence-electron chi connectivity index (χ2n) is 3.61. The molecule has 0 aliphatic heterocycles. The van der Waals surface area contributed by atoms with Crippen LogP contribution < -0.4 is 11.5 Å². The van der Waals surface area contributed by atoms with Crippen LogP contribution in [0.3, 0.4) is 0 Å². The van der Waals surface area contributed by atoms with Gasteiger partial charge >= 0.3 is 0 Å². The first-order valence-electron chi connectivity index (χ1n) is 4.07. The molecule has 1 amide bonds. The predicted octanol–water partition coefficient (Wildman–Crippen LogP) is 0.00580. The number of primary amides is 1. The molecule has 0 heterocycles. The fourth-order valence-electron chi connectivity index (χ4n) is 0.684. The van der Waals surface area contributed by atoms with Crippen molar-refractivity contribution in [3.63, 3.8) is 0 Å². The number of ether oxygens (including phenoxy) is 1. The summed E-state index contributed by atoms with van der Waals surface area (Å²) in [4.78, 5) is 10.3. The highest BCUT2D eigenvalue weighted by Crippen LogP contribution is 1.98. The summed E-state index contributed by atoms with van der Waals surface area (Å²) in [5.74, 6) is -0.286. The van der Waals surface area contributed by atoms with E-state index in [9.17, 15) is 4.79 Å². The first-order chi connectivity index (χ1) is 5.42. The van der Waals surface area contributed by atoms with Gasteiger partial charge in [0.1, 0.15) is 0 Å². The molecule has 0 spiro atoms. The van der Waals surface area contributed by atoms with Crippen molar-refractivity contribution in [3.8, 4) is 0 Å². The summed E-state index contributed by atoms with van der Waals surface area (Å²) in [6.45, 7) is 4.83. The maximum absolute atomic E-state index is 10.3. The van der Waals surface area contributed by atoms with Crippen molar-refractivity contribution in [1.29, 1.82) is 0 Å². The van der Waals surface area contributed by atoms with Crippen molar-refractivity contribution in [2.75, 3.05) is 13.2 Å². The molecule has 0 saturated carbocycles. The van der Waals surface area contributed by atoms with Gasteiger partial charge in [0.2, 0.25) is 5.91 Å². The lowest BCUT2D eigenvalue weighted by atomic mass is 10.1. The number of carbonyl (C=O) groups is 1. The monoisotopic (exact) mass is 174 g/mol. The molecule has 0 fully saturated rings. The smallest absolute Gasteiger partial charge is 0.217 e. The second kappa shape index (κ2) is 5.11. The Labute approximate surface area is 73.2 Å². The zero-order chi connectivity index (χ0) is 9.61. The van der Waals surface area contributed by atoms with Gasteiger partial charge in [-0.1, -0.05) is 0 Å². The summed E-state index contributed by atoms with van der Waals surface area (Å²) < 4.78 is 5.22. The Balaban J connectivity index is 3.17. The Hall–Kier alpha value is -0.610. The number of nitrogens with two attached hydrogens (primary N) is 2. The fraction of sp³-hybridized carbons (Fsp3) is 0.875. The maximum atomic E-state index is 10.3. The van der Waals surface area contributed by atoms with Crippen LogP contribution in [0.15, 0.2) is 0 Å². The van der Waals surface area contributed by atoms with Crippen molar-refractivity contribution < 1.29 is 9.53 Å². The van der Waals surface area contributed by atoms with Crippen LogP contribution in [0, 0.1) is 0 Å². The molecular weight excluding hydrogens is 156 g/mol. The standard InChI is InChI=1S/C8H18N2O2/c1-8(2,10)6-12-5-3-4-7(9)11/h3-6,10H2,1-2H3,(H2,9,11). The number of rotatable bonds is 6. The van der Waals surface area contributed by atoms with Gasteiger partial charge in [0.15, 0.2) is 0 Å². The molecule has 12 heavy (non-hydrogen) atoms. The topological polar surface area (TPSA) is 78.3 Å². The summed E-state index contributed by atoms with van der Waals surface area (Å²) in [6, 6.07) is 0. The quantitative estimate of drug-likeness (QED) is 0.556. The van der Waals surface area contributed by atoms with Gasteiger partial charge < -0.3 is 16.2 Å². The molecule has 0 radical (unpaired) electrons. The first kappa shape index (κ1) is 11.4. The Morgan fingerprint density at radius 2 is 2.08 bits per heavy atom. The van der Waals surface area contributed by atoms with Crippen molar-refractivity contribution in [3.05, 3.63) is 0 Å². The molecule has 0 unspecified atom stereocenters. The third kappa shape index (κ3) is 9.39. The zero-order valence-corrected chi connectivity index (χ0v) is 7.80. The van der Waals surface area contributed by atoms with E-state index in [0.717, 1.165) is 0 Å². The van der Waals surface area contributed by atoms with Crippen LogP contribution >= 0.6 is 0 Å². The lowest BCUT2D eigenvalue weighted by molar-refractivity contribution is -0.118. The van der Waals surface area contributed by atoms with Gasteiger partial charge in [-0.25, -0.2) is 0 Å². The van der Waals surface area contributed by atoms with Gasteiger partial charge in [-0.2, -0.15) is 0 Å². The Morgan fingerprint density at radius 1 is 1.50 bits per heavy atom. The molecule has 4 heteroatoms. The van der Waals surface area contributed by atoms with Gasteiger partial charge in [0.05, 0.1) is 6.61 Å². The summed E-state index contributed by atoms with van der Waals surface area (Å²) in [5, 5.41) is 0. The van der Waals surface area contributed by atoms with E-state index in [1.807, 2.05) is 13.8 Å². The van der Waals surface area contributed by atoms with Crippen molar-refractivity contribution in [2.45, 2.75) is 32.2 Å². The van der Waals surface area contributed by atoms with Crippen LogP contribution in [0.1, 0.15) is 26.7 Å². The molecule has 0 aromatic carbocycles. The summed E-state index contributed by atoms with van der Waals surface area (Å²) >= 11 is 0. The zero-order valence-electron chi connectivity index (χ0n) is 7.80. The van der Waals surface area contributed by atoms with Crippen LogP contribution in [0.2, 0.25) is 0 Å². The van der Waals surface area contributed by atoms with E-state index in [2.05, 4.69) is 0 Å². The van der Waals surface area contributed by atoms with E-state index in [1.165, 1.54) is 0 Å². The molecule has 0 saturated heterocycles. The molecule has 0 aliphatic carbocycles.